The second kappa shape index (κ2) is 6.46. The molecule has 0 fully saturated rings. The summed E-state index contributed by atoms with van der Waals surface area (Å²) in [6.45, 7) is 3.97. The van der Waals surface area contributed by atoms with Crippen LogP contribution in [0.25, 0.3) is 6.08 Å². The number of para-hydroxylation sites is 1. The van der Waals surface area contributed by atoms with Crippen LogP contribution in [0.5, 0.6) is 11.5 Å². The van der Waals surface area contributed by atoms with Crippen molar-refractivity contribution in [1.82, 2.24) is 0 Å². The zero-order chi connectivity index (χ0) is 15.4. The SMILES string of the molecule is Cc1cccc(Oc2c(Cl)cccc2/C=C/C(=O)O)c1C. The van der Waals surface area contributed by atoms with Gasteiger partial charge in [-0.15, -0.1) is 0 Å². The van der Waals surface area contributed by atoms with Gasteiger partial charge in [0.05, 0.1) is 5.02 Å². The highest BCUT2D eigenvalue weighted by Gasteiger charge is 2.10. The molecule has 0 spiro atoms. The lowest BCUT2D eigenvalue weighted by atomic mass is 10.1. The smallest absolute Gasteiger partial charge is 0.328 e. The second-order valence-electron chi connectivity index (χ2n) is 4.63. The average molecular weight is 303 g/mol. The Morgan fingerprint density at radius 2 is 1.90 bits per heavy atom. The largest absolute Gasteiger partial charge is 0.478 e. The van der Waals surface area contributed by atoms with Crippen molar-refractivity contribution in [3.63, 3.8) is 0 Å². The van der Waals surface area contributed by atoms with Crippen molar-refractivity contribution in [3.8, 4) is 11.5 Å². The molecule has 0 aliphatic carbocycles. The summed E-state index contributed by atoms with van der Waals surface area (Å²) in [4.78, 5) is 10.7. The number of benzene rings is 2. The summed E-state index contributed by atoms with van der Waals surface area (Å²) in [5.74, 6) is 0.131. The van der Waals surface area contributed by atoms with E-state index in [-0.39, 0.29) is 0 Å². The molecule has 108 valence electrons. The Kier molecular flexibility index (Phi) is 4.66. The zero-order valence-corrected chi connectivity index (χ0v) is 12.5. The van der Waals surface area contributed by atoms with E-state index in [0.29, 0.717) is 22.1 Å². The van der Waals surface area contributed by atoms with Gasteiger partial charge in [-0.3, -0.25) is 0 Å². The van der Waals surface area contributed by atoms with Gasteiger partial charge < -0.3 is 9.84 Å². The quantitative estimate of drug-likeness (QED) is 0.821. The highest BCUT2D eigenvalue weighted by molar-refractivity contribution is 6.32. The first kappa shape index (κ1) is 15.1. The van der Waals surface area contributed by atoms with E-state index in [1.165, 1.54) is 6.08 Å². The molecule has 21 heavy (non-hydrogen) atoms. The summed E-state index contributed by atoms with van der Waals surface area (Å²) in [5, 5.41) is 9.18. The molecular formula is C17H15ClO3. The van der Waals surface area contributed by atoms with Crippen LogP contribution >= 0.6 is 11.6 Å². The monoisotopic (exact) mass is 302 g/mol. The van der Waals surface area contributed by atoms with Gasteiger partial charge in [0.15, 0.2) is 5.75 Å². The zero-order valence-electron chi connectivity index (χ0n) is 11.8. The van der Waals surface area contributed by atoms with Crippen LogP contribution < -0.4 is 4.74 Å². The Morgan fingerprint density at radius 3 is 2.62 bits per heavy atom. The van der Waals surface area contributed by atoms with Gasteiger partial charge in [-0.2, -0.15) is 0 Å². The van der Waals surface area contributed by atoms with Gasteiger partial charge in [-0.25, -0.2) is 4.79 Å². The Labute approximate surface area is 128 Å². The summed E-state index contributed by atoms with van der Waals surface area (Å²) in [7, 11) is 0. The maximum Gasteiger partial charge on any atom is 0.328 e. The molecule has 0 saturated heterocycles. The van der Waals surface area contributed by atoms with E-state index in [2.05, 4.69) is 0 Å². The highest BCUT2D eigenvalue weighted by atomic mass is 35.5. The third kappa shape index (κ3) is 3.64. The van der Waals surface area contributed by atoms with Crippen LogP contribution in [0.15, 0.2) is 42.5 Å². The van der Waals surface area contributed by atoms with Crippen LogP contribution in [0.4, 0.5) is 0 Å². The molecule has 0 atom stereocenters. The molecule has 0 bridgehead atoms. The van der Waals surface area contributed by atoms with Gasteiger partial charge in [-0.1, -0.05) is 35.9 Å². The molecule has 2 aromatic rings. The van der Waals surface area contributed by atoms with Gasteiger partial charge in [0.25, 0.3) is 0 Å². The van der Waals surface area contributed by atoms with Gasteiger partial charge in [0, 0.05) is 11.6 Å². The van der Waals surface area contributed by atoms with E-state index in [0.717, 1.165) is 17.2 Å². The van der Waals surface area contributed by atoms with Gasteiger partial charge in [0.1, 0.15) is 5.75 Å². The highest BCUT2D eigenvalue weighted by Crippen LogP contribution is 2.35. The van der Waals surface area contributed by atoms with Crippen LogP contribution in [-0.4, -0.2) is 11.1 Å². The minimum Gasteiger partial charge on any atom is -0.478 e. The van der Waals surface area contributed by atoms with Crippen molar-refractivity contribution in [2.45, 2.75) is 13.8 Å². The van der Waals surface area contributed by atoms with Crippen molar-refractivity contribution in [1.29, 1.82) is 0 Å². The van der Waals surface area contributed by atoms with Crippen molar-refractivity contribution in [2.24, 2.45) is 0 Å². The topological polar surface area (TPSA) is 46.5 Å². The number of rotatable bonds is 4. The molecule has 0 saturated carbocycles. The number of hydrogen-bond donors (Lipinski definition) is 1. The molecule has 2 aromatic carbocycles. The first-order chi connectivity index (χ1) is 9.99. The average Bonchev–Trinajstić information content (AvgIpc) is 2.44. The Balaban J connectivity index is 2.43. The van der Waals surface area contributed by atoms with Crippen LogP contribution in [0.3, 0.4) is 0 Å². The molecule has 1 N–H and O–H groups in total. The van der Waals surface area contributed by atoms with E-state index in [1.54, 1.807) is 18.2 Å². The fourth-order valence-corrected chi connectivity index (χ4v) is 2.09. The molecule has 0 unspecified atom stereocenters. The van der Waals surface area contributed by atoms with E-state index in [1.807, 2.05) is 32.0 Å². The number of ether oxygens (including phenoxy) is 1. The van der Waals surface area contributed by atoms with Crippen LogP contribution in [-0.2, 0) is 4.79 Å². The molecule has 0 aliphatic rings. The minimum atomic E-state index is -1.02. The normalized spacial score (nSPS) is 10.8. The lowest BCUT2D eigenvalue weighted by Gasteiger charge is -2.13. The van der Waals surface area contributed by atoms with E-state index in [4.69, 9.17) is 21.4 Å². The predicted octanol–water partition coefficient (Wildman–Crippen LogP) is 4.85. The molecule has 3 nitrogen and oxygen atoms in total. The number of aryl methyl sites for hydroxylation is 1. The molecule has 4 heteroatoms. The number of aliphatic carboxylic acids is 1. The second-order valence-corrected chi connectivity index (χ2v) is 5.04. The summed E-state index contributed by atoms with van der Waals surface area (Å²) < 4.78 is 5.91. The van der Waals surface area contributed by atoms with Crippen molar-refractivity contribution in [3.05, 3.63) is 64.2 Å². The van der Waals surface area contributed by atoms with Crippen molar-refractivity contribution >= 4 is 23.6 Å². The summed E-state index contributed by atoms with van der Waals surface area (Å²) in [6, 6.07) is 11.0. The lowest BCUT2D eigenvalue weighted by molar-refractivity contribution is -0.131. The van der Waals surface area contributed by atoms with E-state index in [9.17, 15) is 4.79 Å². The summed E-state index contributed by atoms with van der Waals surface area (Å²) in [5.41, 5.74) is 2.75. The molecule has 2 rings (SSSR count). The lowest BCUT2D eigenvalue weighted by Crippen LogP contribution is -1.93. The van der Waals surface area contributed by atoms with Gasteiger partial charge in [0.2, 0.25) is 0 Å². The predicted molar refractivity (Wildman–Crippen MR) is 84.1 cm³/mol. The van der Waals surface area contributed by atoms with Crippen molar-refractivity contribution < 1.29 is 14.6 Å². The van der Waals surface area contributed by atoms with E-state index < -0.39 is 5.97 Å². The van der Waals surface area contributed by atoms with Gasteiger partial charge >= 0.3 is 5.97 Å². The van der Waals surface area contributed by atoms with Crippen LogP contribution in [0.1, 0.15) is 16.7 Å². The fraction of sp³-hybridized carbons (Fsp3) is 0.118. The summed E-state index contributed by atoms with van der Waals surface area (Å²) in [6.07, 6.45) is 2.52. The van der Waals surface area contributed by atoms with Crippen LogP contribution in [0.2, 0.25) is 5.02 Å². The molecule has 0 heterocycles. The Bertz CT molecular complexity index is 705. The molecule has 0 aromatic heterocycles. The minimum absolute atomic E-state index is 0.434. The molecule has 0 amide bonds. The van der Waals surface area contributed by atoms with Gasteiger partial charge in [-0.05, 0) is 43.2 Å². The standard InChI is InChI=1S/C17H15ClO3/c1-11-5-3-8-15(12(11)2)21-17-13(9-10-16(19)20)6-4-7-14(17)18/h3-10H,1-2H3,(H,19,20)/b10-9+. The van der Waals surface area contributed by atoms with Crippen molar-refractivity contribution in [2.75, 3.05) is 0 Å². The Hall–Kier alpha value is -2.26. The number of carbonyl (C=O) groups is 1. The number of halogens is 1. The number of hydrogen-bond acceptors (Lipinski definition) is 2. The Morgan fingerprint density at radius 1 is 1.19 bits per heavy atom. The fourth-order valence-electron chi connectivity index (χ4n) is 1.87. The molecule has 0 radical (unpaired) electrons. The van der Waals surface area contributed by atoms with E-state index >= 15 is 0 Å². The first-order valence-electron chi connectivity index (χ1n) is 6.42. The number of carboxylic acid groups (broad SMARTS) is 1. The molecule has 0 aliphatic heterocycles. The number of carboxylic acids is 1. The summed E-state index contributed by atoms with van der Waals surface area (Å²) >= 11 is 6.18. The third-order valence-corrected chi connectivity index (χ3v) is 3.47. The maximum atomic E-state index is 10.7. The van der Waals surface area contributed by atoms with Crippen LogP contribution in [0, 0.1) is 13.8 Å². The first-order valence-corrected chi connectivity index (χ1v) is 6.80. The third-order valence-electron chi connectivity index (χ3n) is 3.17. The molecular weight excluding hydrogens is 288 g/mol. The maximum absolute atomic E-state index is 10.7.